The Morgan fingerprint density at radius 1 is 1.73 bits per heavy atom. The molecule has 1 rings (SSSR count). The zero-order valence-electron chi connectivity index (χ0n) is 8.55. The summed E-state index contributed by atoms with van der Waals surface area (Å²) in [7, 11) is 1.66. The van der Waals surface area contributed by atoms with Gasteiger partial charge in [0.1, 0.15) is 5.51 Å². The lowest BCUT2D eigenvalue weighted by molar-refractivity contribution is 0.175. The summed E-state index contributed by atoms with van der Waals surface area (Å²) in [5.41, 5.74) is 1.69. The van der Waals surface area contributed by atoms with Crippen LogP contribution < -0.4 is 5.32 Å². The smallest absolute Gasteiger partial charge is 0.174 e. The van der Waals surface area contributed by atoms with E-state index in [1.807, 2.05) is 0 Å². The Morgan fingerprint density at radius 3 is 3.27 bits per heavy atom. The van der Waals surface area contributed by atoms with E-state index in [0.29, 0.717) is 18.9 Å². The lowest BCUT2D eigenvalue weighted by atomic mass is 10.4. The van der Waals surface area contributed by atoms with Crippen LogP contribution in [0.15, 0.2) is 9.85 Å². The molecule has 15 heavy (non-hydrogen) atoms. The van der Waals surface area contributed by atoms with Crippen LogP contribution in [0.3, 0.4) is 0 Å². The van der Waals surface area contributed by atoms with Crippen molar-refractivity contribution in [3.63, 3.8) is 0 Å². The number of methoxy groups -OCH3 is 1. The number of nitrogens with one attached hydrogen (secondary N) is 1. The van der Waals surface area contributed by atoms with E-state index in [1.54, 1.807) is 12.6 Å². The van der Waals surface area contributed by atoms with Gasteiger partial charge in [-0.15, -0.1) is 10.2 Å². The van der Waals surface area contributed by atoms with E-state index < -0.39 is 0 Å². The molecule has 1 aromatic heterocycles. The zero-order valence-corrected chi connectivity index (χ0v) is 10.2. The van der Waals surface area contributed by atoms with Crippen molar-refractivity contribution in [1.82, 2.24) is 15.5 Å². The molecule has 0 aliphatic rings. The first-order valence-electron chi connectivity index (χ1n) is 4.59. The first-order valence-corrected chi connectivity index (χ1v) is 6.46. The van der Waals surface area contributed by atoms with Crippen LogP contribution in [0.5, 0.6) is 0 Å². The summed E-state index contributed by atoms with van der Waals surface area (Å²) in [5.74, 6) is 0.634. The highest BCUT2D eigenvalue weighted by molar-refractivity contribution is 8.01. The maximum absolute atomic E-state index is 9.58. The highest BCUT2D eigenvalue weighted by atomic mass is 32.2. The average Bonchev–Trinajstić information content (AvgIpc) is 2.74. The van der Waals surface area contributed by atoms with E-state index in [2.05, 4.69) is 15.5 Å². The standard InChI is InChI=1S/C8H15N3O2S2/c1-13-3-2-9-4-7(12)5-14-8-11-10-6-15-8/h6-7,9,12H,2-5H2,1H3. The third-order valence-electron chi connectivity index (χ3n) is 1.60. The Kier molecular flexibility index (Phi) is 6.86. The Labute approximate surface area is 97.2 Å². The number of aliphatic hydroxyl groups is 1. The second-order valence-corrected chi connectivity index (χ2v) is 4.97. The molecular weight excluding hydrogens is 234 g/mol. The van der Waals surface area contributed by atoms with Gasteiger partial charge in [-0.2, -0.15) is 0 Å². The lowest BCUT2D eigenvalue weighted by Gasteiger charge is -2.09. The maximum Gasteiger partial charge on any atom is 0.174 e. The van der Waals surface area contributed by atoms with Crippen molar-refractivity contribution in [3.8, 4) is 0 Å². The Bertz CT molecular complexity index is 246. The number of aliphatic hydroxyl groups excluding tert-OH is 1. The fourth-order valence-electron chi connectivity index (χ4n) is 0.895. The molecule has 2 N–H and O–H groups in total. The molecule has 1 aromatic rings. The average molecular weight is 249 g/mol. The minimum Gasteiger partial charge on any atom is -0.391 e. The van der Waals surface area contributed by atoms with Crippen molar-refractivity contribution in [2.75, 3.05) is 32.6 Å². The molecule has 86 valence electrons. The summed E-state index contributed by atoms with van der Waals surface area (Å²) in [6.07, 6.45) is -0.365. The molecule has 1 atom stereocenters. The van der Waals surface area contributed by atoms with Crippen LogP contribution in [0.1, 0.15) is 0 Å². The third-order valence-corrected chi connectivity index (χ3v) is 3.61. The third kappa shape index (κ3) is 6.06. The molecule has 7 heteroatoms. The van der Waals surface area contributed by atoms with E-state index in [1.165, 1.54) is 23.1 Å². The molecular formula is C8H15N3O2S2. The van der Waals surface area contributed by atoms with Gasteiger partial charge in [-0.1, -0.05) is 23.1 Å². The first-order chi connectivity index (χ1) is 7.33. The monoisotopic (exact) mass is 249 g/mol. The Morgan fingerprint density at radius 2 is 2.60 bits per heavy atom. The number of aromatic nitrogens is 2. The van der Waals surface area contributed by atoms with Gasteiger partial charge in [0, 0.05) is 26.0 Å². The Balaban J connectivity index is 2.01. The predicted octanol–water partition coefficient (Wildman–Crippen LogP) is 0.227. The lowest BCUT2D eigenvalue weighted by Crippen LogP contribution is -2.30. The second kappa shape index (κ2) is 8.00. The van der Waals surface area contributed by atoms with Gasteiger partial charge >= 0.3 is 0 Å². The number of rotatable bonds is 8. The van der Waals surface area contributed by atoms with E-state index in [0.717, 1.165) is 10.9 Å². The highest BCUT2D eigenvalue weighted by Crippen LogP contribution is 2.19. The van der Waals surface area contributed by atoms with Crippen LogP contribution >= 0.6 is 23.1 Å². The molecule has 5 nitrogen and oxygen atoms in total. The van der Waals surface area contributed by atoms with E-state index in [4.69, 9.17) is 4.74 Å². The van der Waals surface area contributed by atoms with Crippen LogP contribution in [0.4, 0.5) is 0 Å². The van der Waals surface area contributed by atoms with Crippen molar-refractivity contribution in [2.24, 2.45) is 0 Å². The molecule has 0 aliphatic carbocycles. The number of ether oxygens (including phenoxy) is 1. The van der Waals surface area contributed by atoms with E-state index in [9.17, 15) is 5.11 Å². The number of nitrogens with zero attached hydrogens (tertiary/aromatic N) is 2. The van der Waals surface area contributed by atoms with Crippen LogP contribution in [0.25, 0.3) is 0 Å². The van der Waals surface area contributed by atoms with Gasteiger partial charge in [0.25, 0.3) is 0 Å². The quantitative estimate of drug-likeness (QED) is 0.508. The summed E-state index contributed by atoms with van der Waals surface area (Å²) in [6, 6.07) is 0. The molecule has 0 amide bonds. The molecule has 0 bridgehead atoms. The molecule has 0 spiro atoms. The normalized spacial score (nSPS) is 12.9. The molecule has 0 aromatic carbocycles. The van der Waals surface area contributed by atoms with Gasteiger partial charge in [-0.25, -0.2) is 0 Å². The van der Waals surface area contributed by atoms with Crippen LogP contribution in [0.2, 0.25) is 0 Å². The van der Waals surface area contributed by atoms with Crippen molar-refractivity contribution in [3.05, 3.63) is 5.51 Å². The number of hydrogen-bond acceptors (Lipinski definition) is 7. The van der Waals surface area contributed by atoms with Gasteiger partial charge in [-0.05, 0) is 0 Å². The molecule has 1 heterocycles. The van der Waals surface area contributed by atoms with Crippen LogP contribution in [-0.4, -0.2) is 54.0 Å². The molecule has 0 radical (unpaired) electrons. The summed E-state index contributed by atoms with van der Waals surface area (Å²) in [6.45, 7) is 2.00. The predicted molar refractivity (Wildman–Crippen MR) is 61.4 cm³/mol. The van der Waals surface area contributed by atoms with E-state index in [-0.39, 0.29) is 6.10 Å². The Hall–Kier alpha value is -0.210. The van der Waals surface area contributed by atoms with Gasteiger partial charge in [0.15, 0.2) is 4.34 Å². The van der Waals surface area contributed by atoms with Crippen LogP contribution in [0, 0.1) is 0 Å². The zero-order chi connectivity index (χ0) is 10.9. The van der Waals surface area contributed by atoms with E-state index >= 15 is 0 Å². The summed E-state index contributed by atoms with van der Waals surface area (Å²) < 4.78 is 5.77. The highest BCUT2D eigenvalue weighted by Gasteiger charge is 2.05. The fourth-order valence-corrected chi connectivity index (χ4v) is 2.34. The van der Waals surface area contributed by atoms with Crippen molar-refractivity contribution in [2.45, 2.75) is 10.4 Å². The number of thioether (sulfide) groups is 1. The molecule has 0 saturated carbocycles. The SMILES string of the molecule is COCCNCC(O)CSc1nncs1. The fraction of sp³-hybridized carbons (Fsp3) is 0.750. The topological polar surface area (TPSA) is 67.3 Å². The molecule has 0 aliphatic heterocycles. The summed E-state index contributed by atoms with van der Waals surface area (Å²) in [4.78, 5) is 0. The van der Waals surface area contributed by atoms with Gasteiger partial charge in [-0.3, -0.25) is 0 Å². The van der Waals surface area contributed by atoms with Gasteiger partial charge in [0.05, 0.1) is 12.7 Å². The second-order valence-electron chi connectivity index (χ2n) is 2.87. The van der Waals surface area contributed by atoms with Crippen molar-refractivity contribution in [1.29, 1.82) is 0 Å². The largest absolute Gasteiger partial charge is 0.391 e. The summed E-state index contributed by atoms with van der Waals surface area (Å²) in [5, 5.41) is 20.3. The molecule has 0 fully saturated rings. The maximum atomic E-state index is 9.58. The van der Waals surface area contributed by atoms with Gasteiger partial charge < -0.3 is 15.2 Å². The van der Waals surface area contributed by atoms with Crippen LogP contribution in [-0.2, 0) is 4.74 Å². The first kappa shape index (κ1) is 12.9. The summed E-state index contributed by atoms with van der Waals surface area (Å²) >= 11 is 3.01. The minimum absolute atomic E-state index is 0.365. The number of hydrogen-bond donors (Lipinski definition) is 2. The van der Waals surface area contributed by atoms with Gasteiger partial charge in [0.2, 0.25) is 0 Å². The minimum atomic E-state index is -0.365. The molecule has 1 unspecified atom stereocenters. The van der Waals surface area contributed by atoms with Crippen molar-refractivity contribution >= 4 is 23.1 Å². The molecule has 0 saturated heterocycles. The van der Waals surface area contributed by atoms with Crippen molar-refractivity contribution < 1.29 is 9.84 Å².